The van der Waals surface area contributed by atoms with Gasteiger partial charge in [0.25, 0.3) is 0 Å². The molecule has 10 nitrogen and oxygen atoms in total. The molecular formula is C22H25F3N8O2. The third-order valence-corrected chi connectivity index (χ3v) is 6.93. The fourth-order valence-electron chi connectivity index (χ4n) is 5.11. The van der Waals surface area contributed by atoms with E-state index in [2.05, 4.69) is 20.8 Å². The summed E-state index contributed by atoms with van der Waals surface area (Å²) in [5.41, 5.74) is -0.920. The summed E-state index contributed by atoms with van der Waals surface area (Å²) >= 11 is 0. The van der Waals surface area contributed by atoms with Crippen molar-refractivity contribution in [3.8, 4) is 6.07 Å². The number of benzene rings is 1. The first kappa shape index (κ1) is 24.4. The summed E-state index contributed by atoms with van der Waals surface area (Å²) in [7, 11) is 1.57. The molecule has 0 radical (unpaired) electrons. The smallest absolute Gasteiger partial charge is 0.372 e. The predicted molar refractivity (Wildman–Crippen MR) is 117 cm³/mol. The van der Waals surface area contributed by atoms with E-state index in [-0.39, 0.29) is 36.1 Å². The van der Waals surface area contributed by atoms with Crippen molar-refractivity contribution < 1.29 is 22.8 Å². The van der Waals surface area contributed by atoms with Crippen LogP contribution < -0.4 is 10.2 Å². The van der Waals surface area contributed by atoms with Gasteiger partial charge in [-0.3, -0.25) is 9.59 Å². The van der Waals surface area contributed by atoms with E-state index in [0.717, 1.165) is 6.07 Å². The maximum Gasteiger partial charge on any atom is 0.417 e. The molecule has 2 amide bonds. The van der Waals surface area contributed by atoms with Crippen molar-refractivity contribution in [3.05, 3.63) is 35.7 Å². The number of tetrazole rings is 1. The number of rotatable bonds is 5. The minimum Gasteiger partial charge on any atom is -0.372 e. The Morgan fingerprint density at radius 1 is 1.23 bits per heavy atom. The first-order valence-electron chi connectivity index (χ1n) is 11.3. The molecule has 0 bridgehead atoms. The van der Waals surface area contributed by atoms with E-state index in [9.17, 15) is 22.8 Å². The van der Waals surface area contributed by atoms with Crippen molar-refractivity contribution in [1.29, 1.82) is 5.26 Å². The fourth-order valence-corrected chi connectivity index (χ4v) is 5.11. The van der Waals surface area contributed by atoms with Gasteiger partial charge in [0, 0.05) is 38.9 Å². The number of nitriles is 1. The summed E-state index contributed by atoms with van der Waals surface area (Å²) in [6.07, 6.45) is -1.91. The molecule has 4 rings (SSSR count). The van der Waals surface area contributed by atoms with Gasteiger partial charge in [-0.05, 0) is 53.3 Å². The standard InChI is InChI=1S/C22H25F3N8O2/c1-27-21(35)18-11-32(20(34)12-33-13-28-29-30-33)10-17(18)14-4-6-31(7-5-14)16-3-2-15(9-26)19(8-16)22(23,24)25/h2-3,8,13-14,17-18H,4-7,10-12H2,1H3,(H,27,35)/t17-,18+/m0/s1. The van der Waals surface area contributed by atoms with Crippen molar-refractivity contribution in [2.45, 2.75) is 25.6 Å². The maximum atomic E-state index is 13.4. The molecular weight excluding hydrogens is 465 g/mol. The van der Waals surface area contributed by atoms with Crippen molar-refractivity contribution >= 4 is 17.5 Å². The molecule has 1 aromatic heterocycles. The maximum absolute atomic E-state index is 13.4. The van der Waals surface area contributed by atoms with Crippen LogP contribution in [-0.2, 0) is 22.3 Å². The molecule has 0 aliphatic carbocycles. The second-order valence-corrected chi connectivity index (χ2v) is 8.85. The zero-order chi connectivity index (χ0) is 25.2. The van der Waals surface area contributed by atoms with E-state index in [1.807, 2.05) is 4.90 Å². The van der Waals surface area contributed by atoms with Gasteiger partial charge in [0.2, 0.25) is 11.8 Å². The van der Waals surface area contributed by atoms with E-state index in [1.165, 1.54) is 23.1 Å². The Balaban J connectivity index is 1.44. The first-order valence-corrected chi connectivity index (χ1v) is 11.3. The molecule has 13 heteroatoms. The summed E-state index contributed by atoms with van der Waals surface area (Å²) in [5, 5.41) is 22.5. The number of nitrogens with one attached hydrogen (secondary N) is 1. The minimum absolute atomic E-state index is 0.0150. The van der Waals surface area contributed by atoms with Crippen molar-refractivity contribution in [2.24, 2.45) is 17.8 Å². The van der Waals surface area contributed by atoms with Crippen LogP contribution >= 0.6 is 0 Å². The van der Waals surface area contributed by atoms with E-state index in [4.69, 9.17) is 5.26 Å². The number of anilines is 1. The van der Waals surface area contributed by atoms with Crippen LogP contribution in [0.15, 0.2) is 24.5 Å². The Morgan fingerprint density at radius 2 is 1.97 bits per heavy atom. The molecule has 2 aromatic rings. The number of carbonyl (C=O) groups is 2. The van der Waals surface area contributed by atoms with Gasteiger partial charge in [0.1, 0.15) is 12.9 Å². The molecule has 35 heavy (non-hydrogen) atoms. The third kappa shape index (κ3) is 5.21. The highest BCUT2D eigenvalue weighted by Crippen LogP contribution is 2.39. The molecule has 1 N–H and O–H groups in total. The monoisotopic (exact) mass is 490 g/mol. The van der Waals surface area contributed by atoms with Gasteiger partial charge in [0.15, 0.2) is 0 Å². The highest BCUT2D eigenvalue weighted by atomic mass is 19.4. The lowest BCUT2D eigenvalue weighted by Gasteiger charge is -2.37. The van der Waals surface area contributed by atoms with E-state index >= 15 is 0 Å². The molecule has 0 saturated carbocycles. The Bertz CT molecular complexity index is 1110. The third-order valence-electron chi connectivity index (χ3n) is 6.93. The molecule has 2 fully saturated rings. The van der Waals surface area contributed by atoms with E-state index in [0.29, 0.717) is 44.7 Å². The SMILES string of the molecule is CNC(=O)[C@@H]1CN(C(=O)Cn2cnnn2)C[C@H]1C1CCN(c2ccc(C#N)c(C(F)(F)F)c2)CC1. The van der Waals surface area contributed by atoms with Gasteiger partial charge < -0.3 is 15.1 Å². The lowest BCUT2D eigenvalue weighted by Crippen LogP contribution is -2.41. The van der Waals surface area contributed by atoms with Crippen LogP contribution in [0.1, 0.15) is 24.0 Å². The summed E-state index contributed by atoms with van der Waals surface area (Å²) in [5.74, 6) is -0.581. The molecule has 0 spiro atoms. The number of hydrogen-bond acceptors (Lipinski definition) is 7. The van der Waals surface area contributed by atoms with Crippen LogP contribution in [0.2, 0.25) is 0 Å². The molecule has 3 heterocycles. The van der Waals surface area contributed by atoms with Crippen LogP contribution in [0.4, 0.5) is 18.9 Å². The van der Waals surface area contributed by atoms with Gasteiger partial charge in [-0.25, -0.2) is 4.68 Å². The second-order valence-electron chi connectivity index (χ2n) is 8.85. The number of alkyl halides is 3. The molecule has 2 aliphatic rings. The van der Waals surface area contributed by atoms with Crippen molar-refractivity contribution in [1.82, 2.24) is 30.4 Å². The van der Waals surface area contributed by atoms with Crippen LogP contribution in [0.5, 0.6) is 0 Å². The lowest BCUT2D eigenvalue weighted by molar-refractivity contribution is -0.137. The molecule has 2 saturated heterocycles. The minimum atomic E-state index is -4.61. The van der Waals surface area contributed by atoms with E-state index < -0.39 is 17.3 Å². The quantitative estimate of drug-likeness (QED) is 0.671. The highest BCUT2D eigenvalue weighted by Gasteiger charge is 2.44. The van der Waals surface area contributed by atoms with Crippen LogP contribution in [0.3, 0.4) is 0 Å². The number of piperidine rings is 1. The second kappa shape index (κ2) is 9.89. The predicted octanol–water partition coefficient (Wildman–Crippen LogP) is 1.30. The fraction of sp³-hybridized carbons (Fsp3) is 0.545. The zero-order valence-electron chi connectivity index (χ0n) is 19.1. The van der Waals surface area contributed by atoms with Gasteiger partial charge in [0.05, 0.1) is 23.1 Å². The van der Waals surface area contributed by atoms with Gasteiger partial charge in [-0.2, -0.15) is 18.4 Å². The van der Waals surface area contributed by atoms with Gasteiger partial charge in [-0.15, -0.1) is 5.10 Å². The number of hydrogen-bond donors (Lipinski definition) is 1. The summed E-state index contributed by atoms with van der Waals surface area (Å²) in [6, 6.07) is 5.38. The Labute approximate surface area is 199 Å². The number of halogens is 3. The number of aromatic nitrogens is 4. The average molecular weight is 490 g/mol. The lowest BCUT2D eigenvalue weighted by atomic mass is 9.78. The van der Waals surface area contributed by atoms with Crippen LogP contribution in [0.25, 0.3) is 0 Å². The number of nitrogens with zero attached hydrogens (tertiary/aromatic N) is 7. The molecule has 1 aromatic carbocycles. The Hall–Kier alpha value is -3.69. The normalized spacial score (nSPS) is 21.1. The summed E-state index contributed by atoms with van der Waals surface area (Å²) < 4.78 is 41.4. The highest BCUT2D eigenvalue weighted by molar-refractivity contribution is 5.82. The number of carbonyl (C=O) groups excluding carboxylic acids is 2. The average Bonchev–Trinajstić information content (AvgIpc) is 3.53. The first-order chi connectivity index (χ1) is 16.7. The van der Waals surface area contributed by atoms with Crippen molar-refractivity contribution in [3.63, 3.8) is 0 Å². The van der Waals surface area contributed by atoms with Crippen molar-refractivity contribution in [2.75, 3.05) is 38.1 Å². The van der Waals surface area contributed by atoms with Gasteiger partial charge in [-0.1, -0.05) is 0 Å². The van der Waals surface area contributed by atoms with Gasteiger partial charge >= 0.3 is 6.18 Å². The Morgan fingerprint density at radius 3 is 2.57 bits per heavy atom. The van der Waals surface area contributed by atoms with Crippen LogP contribution in [-0.4, -0.2) is 70.1 Å². The Kier molecular flexibility index (Phi) is 6.90. The molecule has 0 unspecified atom stereocenters. The van der Waals surface area contributed by atoms with E-state index in [1.54, 1.807) is 18.0 Å². The summed E-state index contributed by atoms with van der Waals surface area (Å²) in [4.78, 5) is 28.9. The van der Waals surface area contributed by atoms with Crippen LogP contribution in [0, 0.1) is 29.1 Å². The summed E-state index contributed by atoms with van der Waals surface area (Å²) in [6.45, 7) is 1.75. The largest absolute Gasteiger partial charge is 0.417 e. The molecule has 2 aliphatic heterocycles. The number of likely N-dealkylation sites (tertiary alicyclic amines) is 1. The molecule has 186 valence electrons. The zero-order valence-corrected chi connectivity index (χ0v) is 19.1. The number of amides is 2. The topological polar surface area (TPSA) is 120 Å². The molecule has 2 atom stereocenters.